The van der Waals surface area contributed by atoms with Crippen molar-refractivity contribution >= 4 is 5.78 Å². The fourth-order valence-electron chi connectivity index (χ4n) is 17.1. The Labute approximate surface area is 490 Å². The molecule has 16 N–H and O–H groups in total. The van der Waals surface area contributed by atoms with Gasteiger partial charge in [-0.25, -0.2) is 0 Å². The zero-order valence-corrected chi connectivity index (χ0v) is 48.0. The van der Waals surface area contributed by atoms with Gasteiger partial charge in [0.15, 0.2) is 37.2 Å². The Balaban J connectivity index is 0.797. The summed E-state index contributed by atoms with van der Waals surface area (Å²) in [5, 5.41) is 176. The molecule has 488 valence electrons. The third-order valence-corrected chi connectivity index (χ3v) is 22.0. The molecule has 0 aromatic carbocycles. The van der Waals surface area contributed by atoms with Crippen molar-refractivity contribution in [3.63, 3.8) is 0 Å². The minimum atomic E-state index is -2.21. The topological polar surface area (TPSA) is 452 Å². The van der Waals surface area contributed by atoms with Gasteiger partial charge in [0.05, 0.1) is 58.0 Å². The van der Waals surface area contributed by atoms with Gasteiger partial charge in [-0.1, -0.05) is 27.7 Å². The molecule has 0 unspecified atom stereocenters. The van der Waals surface area contributed by atoms with E-state index in [0.717, 1.165) is 12.8 Å². The van der Waals surface area contributed by atoms with Crippen LogP contribution < -0.4 is 0 Å². The van der Waals surface area contributed by atoms with Gasteiger partial charge < -0.3 is 139 Å². The average molecular weight is 1230 g/mol. The Morgan fingerprint density at radius 3 is 1.72 bits per heavy atom. The number of ether oxygens (including phenoxy) is 12. The second-order valence-electron chi connectivity index (χ2n) is 26.7. The van der Waals surface area contributed by atoms with Crippen LogP contribution in [0.15, 0.2) is 0 Å². The highest BCUT2D eigenvalue weighted by Crippen LogP contribution is 2.70. The number of ketones is 1. The first kappa shape index (κ1) is 65.1. The Kier molecular flexibility index (Phi) is 19.3. The summed E-state index contributed by atoms with van der Waals surface area (Å²) in [7, 11) is 0. The maximum atomic E-state index is 14.8. The van der Waals surface area contributed by atoms with E-state index >= 15 is 0 Å². The van der Waals surface area contributed by atoms with E-state index in [9.17, 15) is 86.5 Å². The second kappa shape index (κ2) is 25.2. The minimum absolute atomic E-state index is 0.00498. The van der Waals surface area contributed by atoms with Gasteiger partial charge >= 0.3 is 0 Å². The molecule has 29 nitrogen and oxygen atoms in total. The van der Waals surface area contributed by atoms with Crippen LogP contribution >= 0.6 is 0 Å². The maximum absolute atomic E-state index is 14.8. The average Bonchev–Trinajstić information content (AvgIpc) is 1.67. The van der Waals surface area contributed by atoms with Gasteiger partial charge in [-0.05, 0) is 73.5 Å². The Bertz CT molecular complexity index is 2260. The molecule has 7 saturated heterocycles. The molecule has 0 bridgehead atoms. The van der Waals surface area contributed by atoms with Gasteiger partial charge in [0.25, 0.3) is 0 Å². The summed E-state index contributed by atoms with van der Waals surface area (Å²) in [5.74, 6) is -0.292. The number of rotatable bonds is 14. The van der Waals surface area contributed by atoms with E-state index < -0.39 is 209 Å². The van der Waals surface area contributed by atoms with E-state index in [-0.39, 0.29) is 47.4 Å². The Morgan fingerprint density at radius 2 is 1.06 bits per heavy atom. The van der Waals surface area contributed by atoms with Crippen LogP contribution in [0.5, 0.6) is 0 Å². The van der Waals surface area contributed by atoms with Crippen molar-refractivity contribution in [1.82, 2.24) is 0 Å². The summed E-state index contributed by atoms with van der Waals surface area (Å²) >= 11 is 0. The largest absolute Gasteiger partial charge is 0.394 e. The van der Waals surface area contributed by atoms with Crippen LogP contribution in [0.4, 0.5) is 0 Å². The van der Waals surface area contributed by atoms with Crippen molar-refractivity contribution in [3.05, 3.63) is 0 Å². The summed E-state index contributed by atoms with van der Waals surface area (Å²) in [4.78, 5) is 14.8. The molecule has 0 aromatic rings. The van der Waals surface area contributed by atoms with Crippen LogP contribution in [0, 0.1) is 52.3 Å². The predicted octanol–water partition coefficient (Wildman–Crippen LogP) is -6.30. The molecule has 85 heavy (non-hydrogen) atoms. The summed E-state index contributed by atoms with van der Waals surface area (Å²) in [6, 6.07) is 0. The molecule has 11 aliphatic rings. The number of fused-ring (bicyclic) bond motifs is 7. The molecule has 7 heterocycles. The van der Waals surface area contributed by atoms with Gasteiger partial charge in [0.2, 0.25) is 0 Å². The molecule has 11 fully saturated rings. The third kappa shape index (κ3) is 11.2. The van der Waals surface area contributed by atoms with Crippen molar-refractivity contribution in [1.29, 1.82) is 0 Å². The zero-order chi connectivity index (χ0) is 61.1. The quantitative estimate of drug-likeness (QED) is 0.0720. The Morgan fingerprint density at radius 1 is 0.494 bits per heavy atom. The highest BCUT2D eigenvalue weighted by Gasteiger charge is 2.73. The van der Waals surface area contributed by atoms with Gasteiger partial charge in [0, 0.05) is 30.1 Å². The standard InChI is InChI=1S/C56H90O29/c1-19-5-8-56(75-17-19)20(2)34-28(85-56)11-24-22-10-26(61)25-9-21(6-7-54(25,3)23(22)12-33(63)55(24,34)4)76-50-43(72)40(69)45(32(16-60)80-50)81-53-48(47(38(67)31(15-59)79-53)83-49-41(70)35(64)27(62)18-74-49)84-52-44(73)46(37(66)30(14-58)78-52)82-51-42(71)39(68)36(65)29(13-57)77-51/h19-32,34-53,57-62,64-73H,5-18H2,1-4H3/t19-,20+,21+,22-,23+,24+,25-,26-,27-,28+,29-,30-,31-,32-,34+,35+,36-,37-,38-,39+,40-,41-,42-,43-,44-,45+,46+,47+,48-,49+,50-,51+,52+,53+,54-,55-,56-/m1/s1. The van der Waals surface area contributed by atoms with Crippen LogP contribution in [0.2, 0.25) is 0 Å². The first-order chi connectivity index (χ1) is 40.3. The molecule has 4 saturated carbocycles. The lowest BCUT2D eigenvalue weighted by Gasteiger charge is -2.62. The smallest absolute Gasteiger partial charge is 0.187 e. The van der Waals surface area contributed by atoms with Crippen LogP contribution in [-0.2, 0) is 61.6 Å². The van der Waals surface area contributed by atoms with E-state index in [4.69, 9.17) is 56.8 Å². The van der Waals surface area contributed by atoms with Gasteiger partial charge in [-0.3, -0.25) is 4.79 Å². The fraction of sp³-hybridized carbons (Fsp3) is 0.982. The zero-order valence-electron chi connectivity index (χ0n) is 48.0. The molecule has 0 radical (unpaired) electrons. The van der Waals surface area contributed by atoms with E-state index in [0.29, 0.717) is 51.0 Å². The second-order valence-corrected chi connectivity index (χ2v) is 26.7. The maximum Gasteiger partial charge on any atom is 0.187 e. The van der Waals surface area contributed by atoms with Crippen LogP contribution in [0.3, 0.4) is 0 Å². The van der Waals surface area contributed by atoms with Crippen molar-refractivity contribution in [2.45, 2.75) is 251 Å². The first-order valence-electron chi connectivity index (χ1n) is 30.3. The molecule has 1 spiro atoms. The molecular weight excluding hydrogens is 1140 g/mol. The summed E-state index contributed by atoms with van der Waals surface area (Å²) in [6.07, 6.45) is -42.2. The number of aliphatic hydroxyl groups is 16. The highest BCUT2D eigenvalue weighted by molar-refractivity contribution is 5.87. The van der Waals surface area contributed by atoms with Crippen LogP contribution in [-0.4, -0.2) is 299 Å². The number of Topliss-reactive ketones (excluding diaryl/α,β-unsaturated/α-hetero) is 1. The van der Waals surface area contributed by atoms with Gasteiger partial charge in [0.1, 0.15) is 122 Å². The summed E-state index contributed by atoms with van der Waals surface area (Å²) in [6.45, 7) is 4.87. The molecule has 7 aliphatic heterocycles. The SMILES string of the molecule is C[C@@H]1CC[C@@]2(OC1)O[C@H]1C[C@H]3[C@@H]4C[C@@H](O)[C@H]5C[C@@H](O[C@@H]6O[C@H](CO)[C@H](O[C@@H]7O[C@H](CO)[C@@H](O)[C@H](O[C@@H]8OC[C@@H](O)[C@H](O)[C@H]8O)[C@H]7O[C@@H]7O[C@H](CO)[C@@H](O)[C@H](O[C@@H]8O[C@H](CO)[C@@H](O)[C@H](O)[C@H]8O)[C@H]7O)[C@H](O)[C@H]6O)CC[C@]5(C)[C@H]4CC(=O)[C@]3(C)[C@H]1[C@@H]2C. The van der Waals surface area contributed by atoms with Crippen molar-refractivity contribution in [2.75, 3.05) is 39.6 Å². The Hall–Kier alpha value is -1.45. The third-order valence-electron chi connectivity index (χ3n) is 22.0. The van der Waals surface area contributed by atoms with Crippen molar-refractivity contribution in [3.8, 4) is 0 Å². The molecule has 0 aromatic heterocycles. The lowest BCUT2D eigenvalue weighted by molar-refractivity contribution is -0.409. The molecule has 29 heteroatoms. The van der Waals surface area contributed by atoms with E-state index in [2.05, 4.69) is 27.7 Å². The summed E-state index contributed by atoms with van der Waals surface area (Å²) < 4.78 is 72.8. The van der Waals surface area contributed by atoms with Crippen molar-refractivity contribution in [2.24, 2.45) is 52.3 Å². The number of hydrogen-bond acceptors (Lipinski definition) is 29. The van der Waals surface area contributed by atoms with Gasteiger partial charge in [-0.15, -0.1) is 0 Å². The van der Waals surface area contributed by atoms with E-state index in [1.165, 1.54) is 0 Å². The number of aliphatic hydroxyl groups excluding tert-OH is 16. The summed E-state index contributed by atoms with van der Waals surface area (Å²) in [5.41, 5.74) is -1.10. The molecule has 11 rings (SSSR count). The number of carbonyl (C=O) groups excluding carboxylic acids is 1. The van der Waals surface area contributed by atoms with E-state index in [1.54, 1.807) is 0 Å². The lowest BCUT2D eigenvalue weighted by atomic mass is 9.43. The first-order valence-corrected chi connectivity index (χ1v) is 30.3. The number of hydrogen-bond donors (Lipinski definition) is 16. The lowest BCUT2D eigenvalue weighted by Crippen LogP contribution is -2.69. The normalized spacial score (nSPS) is 57.2. The molecular formula is C56H90O29. The monoisotopic (exact) mass is 1230 g/mol. The highest BCUT2D eigenvalue weighted by atomic mass is 16.8. The number of carbonyl (C=O) groups is 1. The fourth-order valence-corrected chi connectivity index (χ4v) is 17.1. The predicted molar refractivity (Wildman–Crippen MR) is 277 cm³/mol. The van der Waals surface area contributed by atoms with Crippen LogP contribution in [0.1, 0.15) is 79.1 Å². The molecule has 0 amide bonds. The van der Waals surface area contributed by atoms with Crippen molar-refractivity contribution < 1.29 is 143 Å². The minimum Gasteiger partial charge on any atom is -0.394 e. The molecule has 4 aliphatic carbocycles. The van der Waals surface area contributed by atoms with Crippen LogP contribution in [0.25, 0.3) is 0 Å². The van der Waals surface area contributed by atoms with E-state index in [1.807, 2.05) is 0 Å². The molecule has 37 atom stereocenters. The van der Waals surface area contributed by atoms with Gasteiger partial charge in [-0.2, -0.15) is 0 Å².